The van der Waals surface area contributed by atoms with E-state index in [-0.39, 0.29) is 18.6 Å². The lowest BCUT2D eigenvalue weighted by Gasteiger charge is -2.21. The molecule has 0 bridgehead atoms. The molecule has 0 saturated heterocycles. The average molecular weight is 445 g/mol. The Balaban J connectivity index is 2.09. The lowest BCUT2D eigenvalue weighted by Crippen LogP contribution is -2.31. The van der Waals surface area contributed by atoms with Crippen molar-refractivity contribution in [1.82, 2.24) is 20.2 Å². The molecule has 2 rings (SSSR count). The molecule has 1 amide bonds. The summed E-state index contributed by atoms with van der Waals surface area (Å²) in [5.74, 6) is 0.973. The fourth-order valence-corrected chi connectivity index (χ4v) is 3.65. The van der Waals surface area contributed by atoms with Crippen molar-refractivity contribution >= 4 is 17.9 Å². The van der Waals surface area contributed by atoms with Crippen molar-refractivity contribution in [3.8, 4) is 0 Å². The van der Waals surface area contributed by atoms with Crippen LogP contribution in [0.15, 0.2) is 24.3 Å². The van der Waals surface area contributed by atoms with Gasteiger partial charge >= 0.3 is 6.09 Å². The molecular formula is C23H36N6O3. The van der Waals surface area contributed by atoms with Gasteiger partial charge in [0.15, 0.2) is 0 Å². The molecule has 2 aromatic rings. The quantitative estimate of drug-likeness (QED) is 0.318. The number of nitrogen functional groups attached to an aromatic ring is 1. The topological polar surface area (TPSA) is 137 Å². The standard InChI is InChI=1S/C23H36N6O3/c1-4-5-19(10-13-30)27-21-20(16(2)26-22(24)28-21)14-17-6-8-18(9-7-17)15-29(3)12-11-25-23(31)32/h6-9,19,25,30H,4-5,10-15H2,1-3H3,(H,31,32)(H3,24,26,27,28). The van der Waals surface area contributed by atoms with Crippen LogP contribution in [0.3, 0.4) is 0 Å². The van der Waals surface area contributed by atoms with E-state index in [1.54, 1.807) is 0 Å². The van der Waals surface area contributed by atoms with Gasteiger partial charge < -0.3 is 31.5 Å². The largest absolute Gasteiger partial charge is 0.465 e. The Morgan fingerprint density at radius 3 is 2.50 bits per heavy atom. The summed E-state index contributed by atoms with van der Waals surface area (Å²) >= 11 is 0. The number of aryl methyl sites for hydroxylation is 1. The number of nitrogens with zero attached hydrogens (tertiary/aromatic N) is 3. The number of amides is 1. The Bertz CT molecular complexity index is 854. The molecule has 0 aliphatic rings. The van der Waals surface area contributed by atoms with Gasteiger partial charge in [0.2, 0.25) is 5.95 Å². The number of aromatic nitrogens is 2. The number of carbonyl (C=O) groups is 1. The van der Waals surface area contributed by atoms with Crippen molar-refractivity contribution < 1.29 is 15.0 Å². The second-order valence-electron chi connectivity index (χ2n) is 8.10. The van der Waals surface area contributed by atoms with Crippen LogP contribution in [0.5, 0.6) is 0 Å². The molecule has 1 aromatic heterocycles. The second-order valence-corrected chi connectivity index (χ2v) is 8.10. The molecule has 0 radical (unpaired) electrons. The summed E-state index contributed by atoms with van der Waals surface area (Å²) in [6, 6.07) is 8.49. The van der Waals surface area contributed by atoms with Crippen LogP contribution in [0.1, 0.15) is 48.6 Å². The highest BCUT2D eigenvalue weighted by atomic mass is 16.4. The van der Waals surface area contributed by atoms with Gasteiger partial charge in [0.05, 0.1) is 0 Å². The summed E-state index contributed by atoms with van der Waals surface area (Å²) in [5.41, 5.74) is 10.0. The predicted octanol–water partition coefficient (Wildman–Crippen LogP) is 2.62. The van der Waals surface area contributed by atoms with Crippen molar-refractivity contribution in [2.24, 2.45) is 0 Å². The van der Waals surface area contributed by atoms with Crippen molar-refractivity contribution in [3.63, 3.8) is 0 Å². The number of carboxylic acid groups (broad SMARTS) is 1. The van der Waals surface area contributed by atoms with Gasteiger partial charge in [-0.3, -0.25) is 0 Å². The number of anilines is 2. The number of hydrogen-bond donors (Lipinski definition) is 5. The lowest BCUT2D eigenvalue weighted by atomic mass is 10.0. The van der Waals surface area contributed by atoms with Gasteiger partial charge in [-0.05, 0) is 37.9 Å². The van der Waals surface area contributed by atoms with Crippen molar-refractivity contribution in [3.05, 3.63) is 46.6 Å². The van der Waals surface area contributed by atoms with Crippen LogP contribution >= 0.6 is 0 Å². The first kappa shape index (κ1) is 25.4. The molecule has 0 fully saturated rings. The van der Waals surface area contributed by atoms with Crippen LogP contribution in [0.2, 0.25) is 0 Å². The van der Waals surface area contributed by atoms with E-state index in [1.807, 2.05) is 14.0 Å². The molecule has 1 unspecified atom stereocenters. The van der Waals surface area contributed by atoms with Crippen molar-refractivity contribution in [1.29, 1.82) is 0 Å². The minimum absolute atomic E-state index is 0.120. The number of benzene rings is 1. The number of nitrogens with two attached hydrogens (primary N) is 1. The predicted molar refractivity (Wildman–Crippen MR) is 127 cm³/mol. The number of aliphatic hydroxyl groups is 1. The van der Waals surface area contributed by atoms with Gasteiger partial charge in [-0.25, -0.2) is 9.78 Å². The van der Waals surface area contributed by atoms with Gasteiger partial charge in [0.1, 0.15) is 5.82 Å². The molecule has 176 valence electrons. The molecule has 0 saturated carbocycles. The molecule has 0 aliphatic carbocycles. The van der Waals surface area contributed by atoms with E-state index in [0.717, 1.165) is 47.6 Å². The smallest absolute Gasteiger partial charge is 0.404 e. The summed E-state index contributed by atoms with van der Waals surface area (Å²) in [7, 11) is 1.96. The number of rotatable bonds is 13. The Morgan fingerprint density at radius 1 is 1.19 bits per heavy atom. The summed E-state index contributed by atoms with van der Waals surface area (Å²) in [5, 5.41) is 23.9. The van der Waals surface area contributed by atoms with E-state index in [4.69, 9.17) is 10.8 Å². The molecule has 6 N–H and O–H groups in total. The minimum Gasteiger partial charge on any atom is -0.465 e. The molecule has 1 atom stereocenters. The highest BCUT2D eigenvalue weighted by Gasteiger charge is 2.15. The number of aliphatic hydroxyl groups excluding tert-OH is 1. The molecule has 1 heterocycles. The SMILES string of the molecule is CCCC(CCO)Nc1nc(N)nc(C)c1Cc1ccc(CN(C)CCNC(=O)O)cc1. The fourth-order valence-electron chi connectivity index (χ4n) is 3.65. The zero-order chi connectivity index (χ0) is 23.5. The van der Waals surface area contributed by atoms with E-state index < -0.39 is 6.09 Å². The van der Waals surface area contributed by atoms with Crippen LogP contribution in [-0.2, 0) is 13.0 Å². The molecular weight excluding hydrogens is 408 g/mol. The fraction of sp³-hybridized carbons (Fsp3) is 0.522. The maximum Gasteiger partial charge on any atom is 0.404 e. The summed E-state index contributed by atoms with van der Waals surface area (Å²) < 4.78 is 0. The Kier molecular flexibility index (Phi) is 10.2. The normalized spacial score (nSPS) is 12.0. The minimum atomic E-state index is -1.00. The third-order valence-electron chi connectivity index (χ3n) is 5.31. The van der Waals surface area contributed by atoms with E-state index in [2.05, 4.69) is 56.7 Å². The van der Waals surface area contributed by atoms with E-state index in [1.165, 1.54) is 0 Å². The zero-order valence-corrected chi connectivity index (χ0v) is 19.3. The molecule has 1 aromatic carbocycles. The summed E-state index contributed by atoms with van der Waals surface area (Å²) in [6.45, 7) is 5.94. The van der Waals surface area contributed by atoms with Gasteiger partial charge in [-0.2, -0.15) is 4.98 Å². The Morgan fingerprint density at radius 2 is 1.88 bits per heavy atom. The molecule has 9 nitrogen and oxygen atoms in total. The van der Waals surface area contributed by atoms with Crippen LogP contribution in [-0.4, -0.2) is 64.0 Å². The van der Waals surface area contributed by atoms with Gasteiger partial charge in [0.25, 0.3) is 0 Å². The van der Waals surface area contributed by atoms with Crippen LogP contribution in [0.4, 0.5) is 16.6 Å². The summed E-state index contributed by atoms with van der Waals surface area (Å²) in [4.78, 5) is 21.4. The molecule has 9 heteroatoms. The Labute approximate surface area is 190 Å². The Hall–Kier alpha value is -2.91. The van der Waals surface area contributed by atoms with Crippen molar-refractivity contribution in [2.75, 3.05) is 37.8 Å². The van der Waals surface area contributed by atoms with E-state index in [9.17, 15) is 9.90 Å². The molecule has 0 aliphatic heterocycles. The van der Waals surface area contributed by atoms with Gasteiger partial charge in [-0.15, -0.1) is 0 Å². The van der Waals surface area contributed by atoms with Gasteiger partial charge in [-0.1, -0.05) is 37.6 Å². The number of likely N-dealkylation sites (N-methyl/N-ethyl adjacent to an activating group) is 1. The lowest BCUT2D eigenvalue weighted by molar-refractivity contribution is 0.192. The summed E-state index contributed by atoms with van der Waals surface area (Å²) in [6.07, 6.45) is 2.27. The molecule has 0 spiro atoms. The number of hydrogen-bond acceptors (Lipinski definition) is 7. The first-order chi connectivity index (χ1) is 15.3. The van der Waals surface area contributed by atoms with E-state index in [0.29, 0.717) is 25.9 Å². The van der Waals surface area contributed by atoms with Gasteiger partial charge in [0, 0.05) is 50.0 Å². The second kappa shape index (κ2) is 12.8. The van der Waals surface area contributed by atoms with Crippen LogP contribution < -0.4 is 16.4 Å². The van der Waals surface area contributed by atoms with Crippen LogP contribution in [0.25, 0.3) is 0 Å². The number of nitrogens with one attached hydrogen (secondary N) is 2. The third kappa shape index (κ3) is 8.32. The van der Waals surface area contributed by atoms with E-state index >= 15 is 0 Å². The van der Waals surface area contributed by atoms with Crippen LogP contribution in [0, 0.1) is 6.92 Å². The third-order valence-corrected chi connectivity index (χ3v) is 5.31. The monoisotopic (exact) mass is 444 g/mol. The highest BCUT2D eigenvalue weighted by Crippen LogP contribution is 2.23. The first-order valence-electron chi connectivity index (χ1n) is 11.1. The van der Waals surface area contributed by atoms with Crippen molar-refractivity contribution in [2.45, 2.75) is 52.1 Å². The molecule has 32 heavy (non-hydrogen) atoms. The average Bonchev–Trinajstić information content (AvgIpc) is 2.72. The zero-order valence-electron chi connectivity index (χ0n) is 19.3. The maximum atomic E-state index is 10.6. The maximum absolute atomic E-state index is 10.6. The highest BCUT2D eigenvalue weighted by molar-refractivity contribution is 5.64. The first-order valence-corrected chi connectivity index (χ1v) is 11.1.